The Labute approximate surface area is 180 Å². The number of aromatic nitrogens is 4. The second-order valence-corrected chi connectivity index (χ2v) is 6.93. The van der Waals surface area contributed by atoms with Gasteiger partial charge in [-0.3, -0.25) is 0 Å². The normalized spacial score (nSPS) is 10.8. The predicted molar refractivity (Wildman–Crippen MR) is 120 cm³/mol. The van der Waals surface area contributed by atoms with Crippen molar-refractivity contribution < 1.29 is 14.2 Å². The van der Waals surface area contributed by atoms with Crippen LogP contribution in [0, 0.1) is 0 Å². The van der Waals surface area contributed by atoms with Crippen LogP contribution in [0.3, 0.4) is 0 Å². The van der Waals surface area contributed by atoms with E-state index in [9.17, 15) is 0 Å². The molecule has 4 aromatic rings. The molecule has 4 rings (SSSR count). The molecule has 31 heavy (non-hydrogen) atoms. The molecule has 0 aliphatic heterocycles. The van der Waals surface area contributed by atoms with Crippen LogP contribution in [0.2, 0.25) is 0 Å². The quantitative estimate of drug-likeness (QED) is 0.410. The largest absolute Gasteiger partial charge is 0.493 e. The third-order valence-electron chi connectivity index (χ3n) is 5.06. The lowest BCUT2D eigenvalue weighted by molar-refractivity contribution is 0.324. The van der Waals surface area contributed by atoms with E-state index in [-0.39, 0.29) is 0 Å². The van der Waals surface area contributed by atoms with Gasteiger partial charge in [0.2, 0.25) is 11.7 Å². The first-order valence-corrected chi connectivity index (χ1v) is 10.0. The number of methoxy groups -OCH3 is 3. The number of hydrogen-bond donors (Lipinski definition) is 1. The molecular weight excluding hydrogens is 394 g/mol. The maximum absolute atomic E-state index is 5.43. The van der Waals surface area contributed by atoms with E-state index in [1.54, 1.807) is 27.5 Å². The molecule has 1 N–H and O–H groups in total. The standard InChI is InChI=1S/C23H25N5O3/c1-29-20-13-17(14-21(30-2)22(20)31-3)18-15-25-27-23(26-18)24-10-6-11-28-12-9-16-7-4-5-8-19(16)28/h4-5,7-9,12-15H,6,10-11H2,1-3H3,(H,24,26,27). The molecule has 0 saturated heterocycles. The minimum Gasteiger partial charge on any atom is -0.493 e. The molecule has 8 nitrogen and oxygen atoms in total. The molecule has 0 bridgehead atoms. The van der Waals surface area contributed by atoms with Crippen molar-refractivity contribution in [2.45, 2.75) is 13.0 Å². The molecular formula is C23H25N5O3. The van der Waals surface area contributed by atoms with Crippen molar-refractivity contribution in [2.75, 3.05) is 33.2 Å². The van der Waals surface area contributed by atoms with E-state index in [1.807, 2.05) is 12.1 Å². The van der Waals surface area contributed by atoms with Crippen LogP contribution < -0.4 is 19.5 Å². The summed E-state index contributed by atoms with van der Waals surface area (Å²) in [6, 6.07) is 14.2. The monoisotopic (exact) mass is 419 g/mol. The van der Waals surface area contributed by atoms with E-state index >= 15 is 0 Å². The van der Waals surface area contributed by atoms with Gasteiger partial charge < -0.3 is 24.1 Å². The number of para-hydroxylation sites is 1. The van der Waals surface area contributed by atoms with Crippen LogP contribution in [0.25, 0.3) is 22.2 Å². The summed E-state index contributed by atoms with van der Waals surface area (Å²) in [6.45, 7) is 1.63. The molecule has 160 valence electrons. The van der Waals surface area contributed by atoms with Gasteiger partial charge in [0.15, 0.2) is 11.5 Å². The molecule has 2 aromatic carbocycles. The highest BCUT2D eigenvalue weighted by Gasteiger charge is 2.15. The topological polar surface area (TPSA) is 83.3 Å². The number of hydrogen-bond acceptors (Lipinski definition) is 7. The first-order valence-electron chi connectivity index (χ1n) is 10.0. The Hall–Kier alpha value is -3.81. The number of benzene rings is 2. The maximum atomic E-state index is 5.43. The fourth-order valence-electron chi connectivity index (χ4n) is 3.53. The number of ether oxygens (including phenoxy) is 3. The zero-order valence-electron chi connectivity index (χ0n) is 17.8. The van der Waals surface area contributed by atoms with Crippen LogP contribution >= 0.6 is 0 Å². The molecule has 0 atom stereocenters. The Balaban J connectivity index is 1.44. The molecule has 0 saturated carbocycles. The van der Waals surface area contributed by atoms with Crippen molar-refractivity contribution in [1.82, 2.24) is 19.7 Å². The van der Waals surface area contributed by atoms with Crippen LogP contribution in [-0.2, 0) is 6.54 Å². The molecule has 0 amide bonds. The van der Waals surface area contributed by atoms with Gasteiger partial charge in [0, 0.05) is 30.4 Å². The number of rotatable bonds is 9. The molecule has 0 aliphatic rings. The first-order chi connectivity index (χ1) is 15.2. The summed E-state index contributed by atoms with van der Waals surface area (Å²) in [5.41, 5.74) is 2.70. The molecule has 8 heteroatoms. The molecule has 0 unspecified atom stereocenters. The van der Waals surface area contributed by atoms with E-state index in [4.69, 9.17) is 14.2 Å². The number of aryl methyl sites for hydroxylation is 1. The third-order valence-corrected chi connectivity index (χ3v) is 5.06. The van der Waals surface area contributed by atoms with E-state index in [0.29, 0.717) is 28.9 Å². The highest BCUT2D eigenvalue weighted by atomic mass is 16.5. The van der Waals surface area contributed by atoms with Crippen molar-refractivity contribution in [3.8, 4) is 28.5 Å². The summed E-state index contributed by atoms with van der Waals surface area (Å²) in [5, 5.41) is 12.7. The van der Waals surface area contributed by atoms with Gasteiger partial charge in [0.1, 0.15) is 0 Å². The second-order valence-electron chi connectivity index (χ2n) is 6.93. The Morgan fingerprint density at radius 2 is 1.74 bits per heavy atom. The van der Waals surface area contributed by atoms with Crippen molar-refractivity contribution in [3.63, 3.8) is 0 Å². The first kappa shape index (κ1) is 20.5. The highest BCUT2D eigenvalue weighted by Crippen LogP contribution is 2.40. The molecule has 2 aromatic heterocycles. The minimum absolute atomic E-state index is 0.476. The fourth-order valence-corrected chi connectivity index (χ4v) is 3.53. The Bertz CT molecular complexity index is 1150. The maximum Gasteiger partial charge on any atom is 0.243 e. The van der Waals surface area contributed by atoms with Crippen molar-refractivity contribution in [1.29, 1.82) is 0 Å². The summed E-state index contributed by atoms with van der Waals surface area (Å²) in [7, 11) is 4.74. The minimum atomic E-state index is 0.476. The smallest absolute Gasteiger partial charge is 0.243 e. The lowest BCUT2D eigenvalue weighted by Crippen LogP contribution is -2.09. The summed E-state index contributed by atoms with van der Waals surface area (Å²) in [4.78, 5) is 4.59. The zero-order chi connectivity index (χ0) is 21.6. The van der Waals surface area contributed by atoms with Crippen molar-refractivity contribution in [2.24, 2.45) is 0 Å². The highest BCUT2D eigenvalue weighted by molar-refractivity contribution is 5.79. The molecule has 0 spiro atoms. The van der Waals surface area contributed by atoms with Gasteiger partial charge in [0.25, 0.3) is 0 Å². The zero-order valence-corrected chi connectivity index (χ0v) is 17.8. The van der Waals surface area contributed by atoms with Gasteiger partial charge >= 0.3 is 0 Å². The Morgan fingerprint density at radius 3 is 2.48 bits per heavy atom. The summed E-state index contributed by atoms with van der Waals surface area (Å²) < 4.78 is 18.5. The van der Waals surface area contributed by atoms with E-state index in [1.165, 1.54) is 10.9 Å². The predicted octanol–water partition coefficient (Wildman–Crippen LogP) is 4.02. The van der Waals surface area contributed by atoms with Crippen LogP contribution in [0.15, 0.2) is 54.9 Å². The number of nitrogens with one attached hydrogen (secondary N) is 1. The van der Waals surface area contributed by atoms with Gasteiger partial charge in [-0.2, -0.15) is 5.10 Å². The van der Waals surface area contributed by atoms with Crippen molar-refractivity contribution >= 4 is 16.9 Å². The second kappa shape index (κ2) is 9.34. The fraction of sp³-hybridized carbons (Fsp3) is 0.261. The van der Waals surface area contributed by atoms with E-state index in [2.05, 4.69) is 61.6 Å². The van der Waals surface area contributed by atoms with Crippen LogP contribution in [0.1, 0.15) is 6.42 Å². The SMILES string of the molecule is COc1cc(-c2cnnc(NCCCn3ccc4ccccc43)n2)cc(OC)c1OC. The van der Waals surface area contributed by atoms with Gasteiger partial charge in [-0.15, -0.1) is 5.10 Å². The summed E-state index contributed by atoms with van der Waals surface area (Å²) >= 11 is 0. The van der Waals surface area contributed by atoms with E-state index in [0.717, 1.165) is 25.1 Å². The number of anilines is 1. The van der Waals surface area contributed by atoms with Gasteiger partial charge in [-0.1, -0.05) is 18.2 Å². The molecule has 0 aliphatic carbocycles. The van der Waals surface area contributed by atoms with Crippen LogP contribution in [-0.4, -0.2) is 47.6 Å². The van der Waals surface area contributed by atoms with Crippen LogP contribution in [0.4, 0.5) is 5.95 Å². The third kappa shape index (κ3) is 4.37. The summed E-state index contributed by atoms with van der Waals surface area (Å²) in [6.07, 6.45) is 4.65. The lowest BCUT2D eigenvalue weighted by Gasteiger charge is -2.14. The van der Waals surface area contributed by atoms with Crippen LogP contribution in [0.5, 0.6) is 17.2 Å². The molecule has 0 fully saturated rings. The lowest BCUT2D eigenvalue weighted by atomic mass is 10.1. The number of nitrogens with zero attached hydrogens (tertiary/aromatic N) is 4. The van der Waals surface area contributed by atoms with Crippen molar-refractivity contribution in [3.05, 3.63) is 54.9 Å². The number of fused-ring (bicyclic) bond motifs is 1. The average molecular weight is 419 g/mol. The van der Waals surface area contributed by atoms with E-state index < -0.39 is 0 Å². The van der Waals surface area contributed by atoms with Gasteiger partial charge in [-0.25, -0.2) is 4.98 Å². The molecule has 0 radical (unpaired) electrons. The van der Waals surface area contributed by atoms with Gasteiger partial charge in [-0.05, 0) is 36.1 Å². The Morgan fingerprint density at radius 1 is 0.968 bits per heavy atom. The summed E-state index contributed by atoms with van der Waals surface area (Å²) in [5.74, 6) is 2.13. The van der Waals surface area contributed by atoms with Gasteiger partial charge in [0.05, 0.1) is 33.2 Å². The molecule has 2 heterocycles. The Kier molecular flexibility index (Phi) is 6.16. The average Bonchev–Trinajstić information content (AvgIpc) is 3.24.